The van der Waals surface area contributed by atoms with E-state index in [0.29, 0.717) is 24.0 Å². The quantitative estimate of drug-likeness (QED) is 0.880. The first-order valence-corrected chi connectivity index (χ1v) is 6.38. The second kappa shape index (κ2) is 4.97. The van der Waals surface area contributed by atoms with Gasteiger partial charge >= 0.3 is 0 Å². The van der Waals surface area contributed by atoms with Crippen molar-refractivity contribution in [3.05, 3.63) is 35.2 Å². The predicted molar refractivity (Wildman–Crippen MR) is 67.5 cm³/mol. The van der Waals surface area contributed by atoms with E-state index in [1.807, 2.05) is 19.1 Å². The SMILES string of the molecule is Cc1ccc(OCc2noc(C3CC3)n2)c(CN)n1. The van der Waals surface area contributed by atoms with Crippen LogP contribution in [0.25, 0.3) is 0 Å². The van der Waals surface area contributed by atoms with Gasteiger partial charge in [0, 0.05) is 18.2 Å². The van der Waals surface area contributed by atoms with Gasteiger partial charge in [0.2, 0.25) is 11.7 Å². The normalized spacial score (nSPS) is 14.6. The Morgan fingerprint density at radius 2 is 2.21 bits per heavy atom. The van der Waals surface area contributed by atoms with E-state index >= 15 is 0 Å². The fraction of sp³-hybridized carbons (Fsp3) is 0.462. The summed E-state index contributed by atoms with van der Waals surface area (Å²) >= 11 is 0. The molecule has 2 N–H and O–H groups in total. The molecule has 2 aromatic heterocycles. The Bertz CT molecular complexity index is 578. The lowest BCUT2D eigenvalue weighted by Gasteiger charge is -2.08. The van der Waals surface area contributed by atoms with Crippen LogP contribution in [0.2, 0.25) is 0 Å². The van der Waals surface area contributed by atoms with Gasteiger partial charge in [-0.1, -0.05) is 5.16 Å². The van der Waals surface area contributed by atoms with Crippen molar-refractivity contribution in [2.45, 2.75) is 38.8 Å². The average molecular weight is 260 g/mol. The van der Waals surface area contributed by atoms with Crippen molar-refractivity contribution >= 4 is 0 Å². The third-order valence-electron chi connectivity index (χ3n) is 3.03. The smallest absolute Gasteiger partial charge is 0.229 e. The van der Waals surface area contributed by atoms with Crippen molar-refractivity contribution in [1.82, 2.24) is 15.1 Å². The minimum Gasteiger partial charge on any atom is -0.484 e. The predicted octanol–water partition coefficient (Wildman–Crippen LogP) is 1.69. The third kappa shape index (κ3) is 2.73. The summed E-state index contributed by atoms with van der Waals surface area (Å²) in [7, 11) is 0. The van der Waals surface area contributed by atoms with E-state index in [1.165, 1.54) is 0 Å². The van der Waals surface area contributed by atoms with Crippen molar-refractivity contribution in [3.63, 3.8) is 0 Å². The molecule has 100 valence electrons. The molecule has 1 aliphatic carbocycles. The fourth-order valence-corrected chi connectivity index (χ4v) is 1.84. The van der Waals surface area contributed by atoms with E-state index < -0.39 is 0 Å². The first kappa shape index (κ1) is 12.1. The van der Waals surface area contributed by atoms with Crippen molar-refractivity contribution in [3.8, 4) is 5.75 Å². The van der Waals surface area contributed by atoms with E-state index in [1.54, 1.807) is 0 Å². The fourth-order valence-electron chi connectivity index (χ4n) is 1.84. The molecule has 6 heteroatoms. The number of ether oxygens (including phenoxy) is 1. The molecule has 0 amide bonds. The van der Waals surface area contributed by atoms with Gasteiger partial charge in [0.15, 0.2) is 6.61 Å². The van der Waals surface area contributed by atoms with E-state index in [2.05, 4.69) is 15.1 Å². The molecule has 1 fully saturated rings. The Kier molecular flexibility index (Phi) is 3.16. The Morgan fingerprint density at radius 1 is 1.37 bits per heavy atom. The summed E-state index contributed by atoms with van der Waals surface area (Å²) in [5.41, 5.74) is 7.31. The summed E-state index contributed by atoms with van der Waals surface area (Å²) in [5, 5.41) is 3.90. The van der Waals surface area contributed by atoms with Gasteiger partial charge < -0.3 is 15.0 Å². The molecule has 0 atom stereocenters. The molecule has 6 nitrogen and oxygen atoms in total. The molecule has 0 spiro atoms. The Morgan fingerprint density at radius 3 is 2.95 bits per heavy atom. The van der Waals surface area contributed by atoms with Crippen molar-refractivity contribution in [2.75, 3.05) is 0 Å². The van der Waals surface area contributed by atoms with Crippen LogP contribution in [0.3, 0.4) is 0 Å². The summed E-state index contributed by atoms with van der Waals surface area (Å²) in [4.78, 5) is 8.64. The molecule has 0 saturated heterocycles. The molecule has 1 saturated carbocycles. The lowest BCUT2D eigenvalue weighted by Crippen LogP contribution is -2.06. The van der Waals surface area contributed by atoms with Crippen molar-refractivity contribution in [1.29, 1.82) is 0 Å². The van der Waals surface area contributed by atoms with Crippen LogP contribution in [-0.4, -0.2) is 15.1 Å². The lowest BCUT2D eigenvalue weighted by molar-refractivity contribution is 0.281. The Hall–Kier alpha value is -1.95. The summed E-state index contributed by atoms with van der Waals surface area (Å²) in [6.07, 6.45) is 2.28. The topological polar surface area (TPSA) is 87.1 Å². The Balaban J connectivity index is 1.67. The van der Waals surface area contributed by atoms with E-state index in [9.17, 15) is 0 Å². The number of aryl methyl sites for hydroxylation is 1. The summed E-state index contributed by atoms with van der Waals surface area (Å²) in [6, 6.07) is 3.76. The van der Waals surface area contributed by atoms with Gasteiger partial charge in [0.05, 0.1) is 5.69 Å². The van der Waals surface area contributed by atoms with Gasteiger partial charge in [-0.25, -0.2) is 0 Å². The molecule has 2 aromatic rings. The number of nitrogens with two attached hydrogens (primary N) is 1. The molecule has 2 heterocycles. The number of hydrogen-bond donors (Lipinski definition) is 1. The van der Waals surface area contributed by atoms with Gasteiger partial charge in [-0.05, 0) is 31.9 Å². The molecule has 0 aliphatic heterocycles. The molecule has 0 aromatic carbocycles. The first-order valence-electron chi connectivity index (χ1n) is 6.38. The van der Waals surface area contributed by atoms with Crippen LogP contribution >= 0.6 is 0 Å². The summed E-state index contributed by atoms with van der Waals surface area (Å²) in [6.45, 7) is 2.54. The first-order chi connectivity index (χ1) is 9.26. The van der Waals surface area contributed by atoms with Crippen LogP contribution in [0.5, 0.6) is 5.75 Å². The van der Waals surface area contributed by atoms with Crippen LogP contribution < -0.4 is 10.5 Å². The molecule has 0 radical (unpaired) electrons. The summed E-state index contributed by atoms with van der Waals surface area (Å²) < 4.78 is 10.8. The van der Waals surface area contributed by atoms with Gasteiger partial charge in [-0.15, -0.1) is 0 Å². The second-order valence-electron chi connectivity index (χ2n) is 4.71. The monoisotopic (exact) mass is 260 g/mol. The standard InChI is InChI=1S/C13H16N4O2/c1-8-2-5-11(10(6-14)15-8)18-7-12-16-13(19-17-12)9-3-4-9/h2,5,9H,3-4,6-7,14H2,1H3. The zero-order chi connectivity index (χ0) is 13.2. The number of hydrogen-bond acceptors (Lipinski definition) is 6. The van der Waals surface area contributed by atoms with Gasteiger partial charge in [-0.2, -0.15) is 4.98 Å². The highest BCUT2D eigenvalue weighted by molar-refractivity contribution is 5.29. The van der Waals surface area contributed by atoms with Crippen LogP contribution in [0, 0.1) is 6.92 Å². The van der Waals surface area contributed by atoms with Crippen LogP contribution in [0.15, 0.2) is 16.7 Å². The maximum Gasteiger partial charge on any atom is 0.229 e. The number of pyridine rings is 1. The number of nitrogens with zero attached hydrogens (tertiary/aromatic N) is 3. The van der Waals surface area contributed by atoms with Crippen molar-refractivity contribution in [2.24, 2.45) is 5.73 Å². The van der Waals surface area contributed by atoms with E-state index in [4.69, 9.17) is 15.0 Å². The van der Waals surface area contributed by atoms with Crippen LogP contribution in [0.4, 0.5) is 0 Å². The maximum atomic E-state index is 5.66. The largest absolute Gasteiger partial charge is 0.484 e. The van der Waals surface area contributed by atoms with Gasteiger partial charge in [-0.3, -0.25) is 4.98 Å². The minimum absolute atomic E-state index is 0.272. The molecular weight excluding hydrogens is 244 g/mol. The lowest BCUT2D eigenvalue weighted by atomic mass is 10.3. The molecule has 0 bridgehead atoms. The minimum atomic E-state index is 0.272. The van der Waals surface area contributed by atoms with Gasteiger partial charge in [0.25, 0.3) is 0 Å². The van der Waals surface area contributed by atoms with Crippen LogP contribution in [0.1, 0.15) is 41.9 Å². The molecule has 0 unspecified atom stereocenters. The Labute approximate surface area is 111 Å². The molecule has 19 heavy (non-hydrogen) atoms. The third-order valence-corrected chi connectivity index (χ3v) is 3.03. The zero-order valence-corrected chi connectivity index (χ0v) is 10.8. The second-order valence-corrected chi connectivity index (χ2v) is 4.71. The number of rotatable bonds is 5. The van der Waals surface area contributed by atoms with Gasteiger partial charge in [0.1, 0.15) is 5.75 Å². The molecule has 3 rings (SSSR count). The number of aromatic nitrogens is 3. The average Bonchev–Trinajstić information content (AvgIpc) is 3.17. The van der Waals surface area contributed by atoms with E-state index in [-0.39, 0.29) is 6.61 Å². The van der Waals surface area contributed by atoms with Crippen LogP contribution in [-0.2, 0) is 13.2 Å². The maximum absolute atomic E-state index is 5.66. The summed E-state index contributed by atoms with van der Waals surface area (Å²) in [5.74, 6) is 2.41. The molecular formula is C13H16N4O2. The van der Waals surface area contributed by atoms with E-state index in [0.717, 1.165) is 30.1 Å². The highest BCUT2D eigenvalue weighted by Gasteiger charge is 2.29. The molecule has 1 aliphatic rings. The zero-order valence-electron chi connectivity index (χ0n) is 10.8. The van der Waals surface area contributed by atoms with Crippen molar-refractivity contribution < 1.29 is 9.26 Å². The highest BCUT2D eigenvalue weighted by atomic mass is 16.5. The highest BCUT2D eigenvalue weighted by Crippen LogP contribution is 2.38.